The van der Waals surface area contributed by atoms with E-state index in [-0.39, 0.29) is 24.4 Å². The Morgan fingerprint density at radius 3 is 2.94 bits per heavy atom. The molecular formula is C13H19ClN2O. The van der Waals surface area contributed by atoms with Crippen molar-refractivity contribution < 1.29 is 4.79 Å². The molecule has 0 bridgehead atoms. The Bertz CT molecular complexity index is 395. The molecule has 3 nitrogen and oxygen atoms in total. The molecule has 1 aliphatic rings. The second-order valence-corrected chi connectivity index (χ2v) is 4.40. The number of benzene rings is 1. The highest BCUT2D eigenvalue weighted by atomic mass is 35.5. The maximum absolute atomic E-state index is 12.2. The van der Waals surface area contributed by atoms with Crippen molar-refractivity contribution >= 4 is 18.3 Å². The summed E-state index contributed by atoms with van der Waals surface area (Å²) in [4.78, 5) is 14.2. The van der Waals surface area contributed by atoms with Crippen LogP contribution in [0.3, 0.4) is 0 Å². The van der Waals surface area contributed by atoms with Gasteiger partial charge in [0.15, 0.2) is 0 Å². The highest BCUT2D eigenvalue weighted by Gasteiger charge is 2.28. The van der Waals surface area contributed by atoms with Crippen LogP contribution in [-0.2, 0) is 0 Å². The van der Waals surface area contributed by atoms with Gasteiger partial charge in [0.25, 0.3) is 5.91 Å². The molecule has 1 amide bonds. The van der Waals surface area contributed by atoms with Gasteiger partial charge in [-0.3, -0.25) is 4.79 Å². The number of aryl methyl sites for hydroxylation is 1. The first-order valence-corrected chi connectivity index (χ1v) is 5.80. The second kappa shape index (κ2) is 6.03. The number of carbonyl (C=O) groups excluding carboxylic acids is 1. The fraction of sp³-hybridized carbons (Fsp3) is 0.462. The molecule has 1 saturated heterocycles. The Balaban J connectivity index is 0.00000144. The van der Waals surface area contributed by atoms with Crippen LogP contribution in [0, 0.1) is 6.92 Å². The molecule has 0 spiro atoms. The molecule has 17 heavy (non-hydrogen) atoms. The number of hydrogen-bond donors (Lipinski definition) is 1. The molecule has 0 radical (unpaired) electrons. The van der Waals surface area contributed by atoms with Gasteiger partial charge in [-0.05, 0) is 31.9 Å². The molecule has 1 aromatic carbocycles. The number of hydrogen-bond acceptors (Lipinski definition) is 2. The molecule has 1 fully saturated rings. The molecule has 0 aliphatic carbocycles. The third-order valence-corrected chi connectivity index (χ3v) is 3.18. The number of nitrogens with two attached hydrogens (primary N) is 1. The summed E-state index contributed by atoms with van der Waals surface area (Å²) >= 11 is 0. The van der Waals surface area contributed by atoms with E-state index in [1.54, 1.807) is 0 Å². The maximum Gasteiger partial charge on any atom is 0.254 e. The van der Waals surface area contributed by atoms with Crippen LogP contribution in [-0.4, -0.2) is 29.9 Å². The predicted octanol–water partition coefficient (Wildman–Crippen LogP) is 1.98. The molecular weight excluding hydrogens is 236 g/mol. The van der Waals surface area contributed by atoms with Crippen LogP contribution in [0.1, 0.15) is 28.8 Å². The van der Waals surface area contributed by atoms with E-state index < -0.39 is 0 Å². The van der Waals surface area contributed by atoms with Crippen molar-refractivity contribution in [3.05, 3.63) is 35.4 Å². The molecule has 1 aliphatic heterocycles. The van der Waals surface area contributed by atoms with E-state index in [0.717, 1.165) is 30.5 Å². The SMILES string of the molecule is Cc1cccc(C(=O)N2CCCC2CN)c1.Cl. The van der Waals surface area contributed by atoms with Crippen LogP contribution in [0.2, 0.25) is 0 Å². The Hall–Kier alpha value is -1.06. The Morgan fingerprint density at radius 1 is 1.53 bits per heavy atom. The monoisotopic (exact) mass is 254 g/mol. The van der Waals surface area contributed by atoms with E-state index in [1.807, 2.05) is 36.1 Å². The lowest BCUT2D eigenvalue weighted by molar-refractivity contribution is 0.0741. The Morgan fingerprint density at radius 2 is 2.29 bits per heavy atom. The molecule has 1 unspecified atom stereocenters. The lowest BCUT2D eigenvalue weighted by atomic mass is 10.1. The summed E-state index contributed by atoms with van der Waals surface area (Å²) in [5.74, 6) is 0.122. The van der Waals surface area contributed by atoms with Gasteiger partial charge in [-0.1, -0.05) is 17.7 Å². The summed E-state index contributed by atoms with van der Waals surface area (Å²) in [6.45, 7) is 3.41. The third kappa shape index (κ3) is 2.99. The van der Waals surface area contributed by atoms with Gasteiger partial charge in [0.1, 0.15) is 0 Å². The summed E-state index contributed by atoms with van der Waals surface area (Å²) in [6.07, 6.45) is 2.10. The smallest absolute Gasteiger partial charge is 0.254 e. The van der Waals surface area contributed by atoms with E-state index in [2.05, 4.69) is 0 Å². The highest BCUT2D eigenvalue weighted by molar-refractivity contribution is 5.94. The van der Waals surface area contributed by atoms with Crippen molar-refractivity contribution in [2.24, 2.45) is 5.73 Å². The second-order valence-electron chi connectivity index (χ2n) is 4.40. The summed E-state index contributed by atoms with van der Waals surface area (Å²) in [6, 6.07) is 7.97. The van der Waals surface area contributed by atoms with E-state index in [4.69, 9.17) is 5.73 Å². The fourth-order valence-electron chi connectivity index (χ4n) is 2.29. The molecule has 2 rings (SSSR count). The van der Waals surface area contributed by atoms with Crippen molar-refractivity contribution in [3.63, 3.8) is 0 Å². The van der Waals surface area contributed by atoms with Gasteiger partial charge in [0, 0.05) is 24.7 Å². The highest BCUT2D eigenvalue weighted by Crippen LogP contribution is 2.19. The summed E-state index contributed by atoms with van der Waals surface area (Å²) in [7, 11) is 0. The molecule has 0 saturated carbocycles. The van der Waals surface area contributed by atoms with Gasteiger partial charge in [0.05, 0.1) is 0 Å². The van der Waals surface area contributed by atoms with Crippen molar-refractivity contribution in [1.29, 1.82) is 0 Å². The summed E-state index contributed by atoms with van der Waals surface area (Å²) in [5, 5.41) is 0. The van der Waals surface area contributed by atoms with Crippen LogP contribution in [0.5, 0.6) is 0 Å². The largest absolute Gasteiger partial charge is 0.334 e. The molecule has 4 heteroatoms. The van der Waals surface area contributed by atoms with Gasteiger partial charge in [0.2, 0.25) is 0 Å². The van der Waals surface area contributed by atoms with Crippen LogP contribution >= 0.6 is 12.4 Å². The standard InChI is InChI=1S/C13H18N2O.ClH/c1-10-4-2-5-11(8-10)13(16)15-7-3-6-12(15)9-14;/h2,4-5,8,12H,3,6-7,9,14H2,1H3;1H. The molecule has 1 heterocycles. The number of likely N-dealkylation sites (tertiary alicyclic amines) is 1. The van der Waals surface area contributed by atoms with Gasteiger partial charge >= 0.3 is 0 Å². The topological polar surface area (TPSA) is 46.3 Å². The van der Waals surface area contributed by atoms with E-state index in [0.29, 0.717) is 6.54 Å². The molecule has 94 valence electrons. The first-order valence-electron chi connectivity index (χ1n) is 5.80. The zero-order chi connectivity index (χ0) is 11.5. The Kier molecular flexibility index (Phi) is 4.97. The van der Waals surface area contributed by atoms with Gasteiger partial charge < -0.3 is 10.6 Å². The van der Waals surface area contributed by atoms with E-state index in [1.165, 1.54) is 0 Å². The van der Waals surface area contributed by atoms with Gasteiger partial charge in [-0.2, -0.15) is 0 Å². The van der Waals surface area contributed by atoms with Crippen molar-refractivity contribution in [2.75, 3.05) is 13.1 Å². The normalized spacial score (nSPS) is 18.9. The predicted molar refractivity (Wildman–Crippen MR) is 71.5 cm³/mol. The number of halogens is 1. The van der Waals surface area contributed by atoms with Crippen molar-refractivity contribution in [3.8, 4) is 0 Å². The minimum Gasteiger partial charge on any atom is -0.334 e. The quantitative estimate of drug-likeness (QED) is 0.877. The minimum atomic E-state index is 0. The number of amides is 1. The van der Waals surface area contributed by atoms with Crippen molar-refractivity contribution in [2.45, 2.75) is 25.8 Å². The van der Waals surface area contributed by atoms with Gasteiger partial charge in [-0.15, -0.1) is 12.4 Å². The van der Waals surface area contributed by atoms with Crippen molar-refractivity contribution in [1.82, 2.24) is 4.90 Å². The first kappa shape index (κ1) is 14.0. The number of carbonyl (C=O) groups is 1. The zero-order valence-electron chi connectivity index (χ0n) is 10.1. The molecule has 2 N–H and O–H groups in total. The molecule has 1 aromatic rings. The van der Waals surface area contributed by atoms with Crippen LogP contribution in [0.15, 0.2) is 24.3 Å². The van der Waals surface area contributed by atoms with Crippen LogP contribution in [0.4, 0.5) is 0 Å². The van der Waals surface area contributed by atoms with Crippen LogP contribution < -0.4 is 5.73 Å². The first-order chi connectivity index (χ1) is 7.72. The molecule has 0 aromatic heterocycles. The number of rotatable bonds is 2. The average molecular weight is 255 g/mol. The Labute approximate surface area is 108 Å². The number of nitrogens with zero attached hydrogens (tertiary/aromatic N) is 1. The van der Waals surface area contributed by atoms with E-state index >= 15 is 0 Å². The minimum absolute atomic E-state index is 0. The van der Waals surface area contributed by atoms with E-state index in [9.17, 15) is 4.79 Å². The lowest BCUT2D eigenvalue weighted by Crippen LogP contribution is -2.39. The zero-order valence-corrected chi connectivity index (χ0v) is 10.9. The maximum atomic E-state index is 12.2. The third-order valence-electron chi connectivity index (χ3n) is 3.18. The summed E-state index contributed by atoms with van der Waals surface area (Å²) < 4.78 is 0. The molecule has 1 atom stereocenters. The van der Waals surface area contributed by atoms with Gasteiger partial charge in [-0.25, -0.2) is 0 Å². The average Bonchev–Trinajstić information content (AvgIpc) is 2.76. The fourth-order valence-corrected chi connectivity index (χ4v) is 2.29. The van der Waals surface area contributed by atoms with Crippen LogP contribution in [0.25, 0.3) is 0 Å². The summed E-state index contributed by atoms with van der Waals surface area (Å²) in [5.41, 5.74) is 7.57. The lowest BCUT2D eigenvalue weighted by Gasteiger charge is -2.23.